The Morgan fingerprint density at radius 1 is 0.704 bits per heavy atom. The van der Waals surface area contributed by atoms with Crippen molar-refractivity contribution in [1.82, 2.24) is 0 Å². The molecule has 0 nitrogen and oxygen atoms in total. The minimum absolute atomic E-state index is 0.539. The highest BCUT2D eigenvalue weighted by Gasteiger charge is 2.39. The van der Waals surface area contributed by atoms with Crippen molar-refractivity contribution in [3.8, 4) is 0 Å². The maximum atomic E-state index is 2.43. The average molecular weight is 348 g/mol. The van der Waals surface area contributed by atoms with E-state index in [-0.39, 0.29) is 0 Å². The van der Waals surface area contributed by atoms with Crippen molar-refractivity contribution in [1.29, 1.82) is 0 Å². The molecule has 0 saturated carbocycles. The average Bonchev–Trinajstić information content (AvgIpc) is 2.73. The molecule has 6 rings (SSSR count). The fourth-order valence-corrected chi connectivity index (χ4v) is 5.97. The Balaban J connectivity index is 1.73. The van der Waals surface area contributed by atoms with Gasteiger partial charge in [0, 0.05) is 5.92 Å². The molecule has 132 valence electrons. The number of rotatable bonds is 0. The van der Waals surface area contributed by atoms with Gasteiger partial charge < -0.3 is 0 Å². The van der Waals surface area contributed by atoms with Crippen molar-refractivity contribution in [3.63, 3.8) is 0 Å². The smallest absolute Gasteiger partial charge is 0.0136 e. The Labute approximate surface area is 160 Å². The van der Waals surface area contributed by atoms with Gasteiger partial charge in [-0.2, -0.15) is 0 Å². The highest BCUT2D eigenvalue weighted by molar-refractivity contribution is 5.92. The molecule has 0 aliphatic heterocycles. The van der Waals surface area contributed by atoms with Crippen LogP contribution in [0.4, 0.5) is 0 Å². The summed E-state index contributed by atoms with van der Waals surface area (Å²) >= 11 is 0. The van der Waals surface area contributed by atoms with Gasteiger partial charge in [0.05, 0.1) is 0 Å². The van der Waals surface area contributed by atoms with Crippen molar-refractivity contribution >= 4 is 21.5 Å². The second-order valence-electron chi connectivity index (χ2n) is 8.56. The summed E-state index contributed by atoms with van der Waals surface area (Å²) in [6.45, 7) is 2.43. The summed E-state index contributed by atoms with van der Waals surface area (Å²) < 4.78 is 0. The lowest BCUT2D eigenvalue weighted by Gasteiger charge is -2.42. The van der Waals surface area contributed by atoms with Crippen LogP contribution in [0.5, 0.6) is 0 Å². The molecule has 0 spiro atoms. The molecule has 2 aliphatic rings. The molecular formula is C27H24. The third kappa shape index (κ3) is 2.16. The topological polar surface area (TPSA) is 0 Å². The van der Waals surface area contributed by atoms with Gasteiger partial charge in [-0.3, -0.25) is 0 Å². The summed E-state index contributed by atoms with van der Waals surface area (Å²) in [6, 6.07) is 27.5. The van der Waals surface area contributed by atoms with Crippen molar-refractivity contribution in [2.75, 3.05) is 0 Å². The Morgan fingerprint density at radius 2 is 1.37 bits per heavy atom. The highest BCUT2D eigenvalue weighted by atomic mass is 14.4. The first kappa shape index (κ1) is 15.5. The zero-order valence-electron chi connectivity index (χ0n) is 15.8. The summed E-state index contributed by atoms with van der Waals surface area (Å²) in [7, 11) is 0. The van der Waals surface area contributed by atoms with Gasteiger partial charge in [0.15, 0.2) is 0 Å². The quantitative estimate of drug-likeness (QED) is 0.315. The Bertz CT molecular complexity index is 1180. The molecule has 0 aromatic heterocycles. The molecule has 0 heterocycles. The van der Waals surface area contributed by atoms with Crippen LogP contribution in [0.2, 0.25) is 0 Å². The summed E-state index contributed by atoms with van der Waals surface area (Å²) in [5.41, 5.74) is 6.39. The second-order valence-corrected chi connectivity index (χ2v) is 8.56. The summed E-state index contributed by atoms with van der Waals surface area (Å²) in [5, 5.41) is 5.71. The highest BCUT2D eigenvalue weighted by Crippen LogP contribution is 2.54. The Morgan fingerprint density at radius 3 is 2.15 bits per heavy atom. The van der Waals surface area contributed by atoms with Gasteiger partial charge in [-0.05, 0) is 74.9 Å². The van der Waals surface area contributed by atoms with Crippen molar-refractivity contribution < 1.29 is 0 Å². The van der Waals surface area contributed by atoms with Crippen LogP contribution in [0, 0.1) is 5.92 Å². The Hall–Kier alpha value is -2.60. The van der Waals surface area contributed by atoms with E-state index in [0.29, 0.717) is 11.8 Å². The molecule has 0 bridgehead atoms. The van der Waals surface area contributed by atoms with Crippen LogP contribution in [-0.4, -0.2) is 0 Å². The molecule has 0 fully saturated rings. The zero-order valence-corrected chi connectivity index (χ0v) is 15.8. The predicted molar refractivity (Wildman–Crippen MR) is 115 cm³/mol. The first-order valence-electron chi connectivity index (χ1n) is 10.3. The zero-order chi connectivity index (χ0) is 18.0. The summed E-state index contributed by atoms with van der Waals surface area (Å²) in [6.07, 6.45) is 3.87. The lowest BCUT2D eigenvalue weighted by molar-refractivity contribution is 0.339. The maximum Gasteiger partial charge on any atom is 0.0136 e. The lowest BCUT2D eigenvalue weighted by Crippen LogP contribution is -2.29. The van der Waals surface area contributed by atoms with E-state index in [9.17, 15) is 0 Å². The number of aryl methyl sites for hydroxylation is 1. The second kappa shape index (κ2) is 5.70. The molecule has 0 saturated heterocycles. The van der Waals surface area contributed by atoms with Crippen molar-refractivity contribution in [3.05, 3.63) is 95.1 Å². The molecule has 3 atom stereocenters. The first-order valence-corrected chi connectivity index (χ1v) is 10.3. The van der Waals surface area contributed by atoms with E-state index in [2.05, 4.69) is 79.7 Å². The van der Waals surface area contributed by atoms with E-state index < -0.39 is 0 Å². The van der Waals surface area contributed by atoms with E-state index >= 15 is 0 Å². The molecule has 0 heteroatoms. The molecule has 2 aliphatic carbocycles. The van der Waals surface area contributed by atoms with Gasteiger partial charge >= 0.3 is 0 Å². The molecular weight excluding hydrogens is 324 g/mol. The molecule has 0 N–H and O–H groups in total. The van der Waals surface area contributed by atoms with Gasteiger partial charge in [-0.15, -0.1) is 0 Å². The molecule has 4 aromatic rings. The molecule has 27 heavy (non-hydrogen) atoms. The van der Waals surface area contributed by atoms with Gasteiger partial charge in [0.1, 0.15) is 0 Å². The standard InChI is InChI=1S/C27H24/c1-17-16-21-13-12-20-11-10-18-6-2-4-8-23(18)25(20)26(21)27-22(17)15-14-19-7-3-5-9-24(19)27/h2-11,14-15,17,21,26H,12-13,16H2,1H3/t17-,21+,26+/m1/s1. The van der Waals surface area contributed by atoms with Crippen molar-refractivity contribution in [2.45, 2.75) is 38.0 Å². The van der Waals surface area contributed by atoms with Crippen LogP contribution in [0.25, 0.3) is 21.5 Å². The fraction of sp³-hybridized carbons (Fsp3) is 0.259. The molecule has 0 amide bonds. The van der Waals surface area contributed by atoms with Gasteiger partial charge in [0.2, 0.25) is 0 Å². The molecule has 4 aromatic carbocycles. The Kier molecular flexibility index (Phi) is 3.26. The third-order valence-electron chi connectivity index (χ3n) is 7.13. The van der Waals surface area contributed by atoms with Crippen LogP contribution < -0.4 is 0 Å². The lowest BCUT2D eigenvalue weighted by atomic mass is 9.61. The minimum atomic E-state index is 0.539. The monoisotopic (exact) mass is 348 g/mol. The molecule has 0 unspecified atom stereocenters. The number of benzene rings is 4. The summed E-state index contributed by atoms with van der Waals surface area (Å²) in [5.74, 6) is 1.95. The van der Waals surface area contributed by atoms with Crippen LogP contribution in [-0.2, 0) is 6.42 Å². The molecule has 0 radical (unpaired) electrons. The van der Waals surface area contributed by atoms with Gasteiger partial charge in [-0.25, -0.2) is 0 Å². The largest absolute Gasteiger partial charge is 0.0616 e. The van der Waals surface area contributed by atoms with E-state index in [4.69, 9.17) is 0 Å². The van der Waals surface area contributed by atoms with Crippen LogP contribution >= 0.6 is 0 Å². The first-order chi connectivity index (χ1) is 13.3. The van der Waals surface area contributed by atoms with E-state index in [1.165, 1.54) is 40.8 Å². The van der Waals surface area contributed by atoms with Crippen LogP contribution in [0.3, 0.4) is 0 Å². The van der Waals surface area contributed by atoms with Gasteiger partial charge in [-0.1, -0.05) is 79.7 Å². The number of fused-ring (bicyclic) bond motifs is 9. The summed E-state index contributed by atoms with van der Waals surface area (Å²) in [4.78, 5) is 0. The SMILES string of the molecule is C[C@@H]1C[C@@H]2CCc3ccc4ccccc4c3[C@H]2c2c1ccc1ccccc21. The van der Waals surface area contributed by atoms with Gasteiger partial charge in [0.25, 0.3) is 0 Å². The number of hydrogen-bond donors (Lipinski definition) is 0. The maximum absolute atomic E-state index is 2.43. The minimum Gasteiger partial charge on any atom is -0.0616 e. The number of hydrogen-bond acceptors (Lipinski definition) is 0. The van der Waals surface area contributed by atoms with Crippen LogP contribution in [0.15, 0.2) is 72.8 Å². The third-order valence-corrected chi connectivity index (χ3v) is 7.13. The van der Waals surface area contributed by atoms with Crippen molar-refractivity contribution in [2.24, 2.45) is 5.92 Å². The normalized spacial score (nSPS) is 23.7. The van der Waals surface area contributed by atoms with E-state index in [1.54, 1.807) is 22.3 Å². The fourth-order valence-electron chi connectivity index (χ4n) is 5.97. The van der Waals surface area contributed by atoms with Crippen LogP contribution in [0.1, 0.15) is 53.9 Å². The van der Waals surface area contributed by atoms with E-state index in [1.807, 2.05) is 0 Å². The van der Waals surface area contributed by atoms with E-state index in [0.717, 1.165) is 5.92 Å². The predicted octanol–water partition coefficient (Wildman–Crippen LogP) is 7.19.